The summed E-state index contributed by atoms with van der Waals surface area (Å²) in [5.74, 6) is -1.02. The van der Waals surface area contributed by atoms with E-state index in [9.17, 15) is 14.7 Å². The van der Waals surface area contributed by atoms with Crippen LogP contribution < -0.4 is 5.56 Å². The van der Waals surface area contributed by atoms with Crippen molar-refractivity contribution in [3.63, 3.8) is 0 Å². The second-order valence-electron chi connectivity index (χ2n) is 4.39. The average Bonchev–Trinajstić information content (AvgIpc) is 2.67. The van der Waals surface area contributed by atoms with Gasteiger partial charge in [0.25, 0.3) is 5.56 Å². The molecule has 0 fully saturated rings. The van der Waals surface area contributed by atoms with Crippen LogP contribution in [-0.4, -0.2) is 15.0 Å². The summed E-state index contributed by atoms with van der Waals surface area (Å²) in [7, 11) is 0. The number of nitrogens with zero attached hydrogens (tertiary/aromatic N) is 1. The molecule has 0 amide bonds. The van der Waals surface area contributed by atoms with Gasteiger partial charge in [-0.05, 0) is 18.1 Å². The van der Waals surface area contributed by atoms with E-state index in [1.807, 2.05) is 26.0 Å². The van der Waals surface area contributed by atoms with Crippen molar-refractivity contribution in [1.29, 1.82) is 0 Å². The Morgan fingerprint density at radius 3 is 2.67 bits per heavy atom. The lowest BCUT2D eigenvalue weighted by atomic mass is 10.00. The molecule has 0 aliphatic rings. The maximum absolute atomic E-state index is 12.2. The third kappa shape index (κ3) is 2.06. The second kappa shape index (κ2) is 4.94. The van der Waals surface area contributed by atoms with E-state index in [0.717, 1.165) is 11.1 Å². The van der Waals surface area contributed by atoms with Gasteiger partial charge in [-0.25, -0.2) is 8.75 Å². The van der Waals surface area contributed by atoms with Gasteiger partial charge in [0, 0.05) is 0 Å². The number of aromatic nitrogens is 1. The molecule has 18 heavy (non-hydrogen) atoms. The van der Waals surface area contributed by atoms with Crippen molar-refractivity contribution in [1.82, 2.24) is 3.96 Å². The van der Waals surface area contributed by atoms with Crippen LogP contribution in [0.25, 0.3) is 10.1 Å². The van der Waals surface area contributed by atoms with Crippen LogP contribution in [0.4, 0.5) is 0 Å². The van der Waals surface area contributed by atoms with Gasteiger partial charge in [-0.3, -0.25) is 4.79 Å². The minimum Gasteiger partial charge on any atom is -0.480 e. The Morgan fingerprint density at radius 2 is 2.11 bits per heavy atom. The van der Waals surface area contributed by atoms with Crippen LogP contribution in [0.5, 0.6) is 0 Å². The van der Waals surface area contributed by atoms with Gasteiger partial charge in [0.15, 0.2) is 0 Å². The first-order valence-corrected chi connectivity index (χ1v) is 6.67. The monoisotopic (exact) mass is 265 g/mol. The zero-order chi connectivity index (χ0) is 13.3. The van der Waals surface area contributed by atoms with Crippen LogP contribution in [0.3, 0.4) is 0 Å². The van der Waals surface area contributed by atoms with Gasteiger partial charge in [-0.15, -0.1) is 0 Å². The first kappa shape index (κ1) is 12.8. The molecule has 0 saturated carbocycles. The number of rotatable bonds is 4. The summed E-state index contributed by atoms with van der Waals surface area (Å²) >= 11 is 1.23. The van der Waals surface area contributed by atoms with Gasteiger partial charge in [0.1, 0.15) is 6.04 Å². The van der Waals surface area contributed by atoms with Crippen molar-refractivity contribution in [3.8, 4) is 0 Å². The van der Waals surface area contributed by atoms with Crippen LogP contribution in [0.15, 0.2) is 29.1 Å². The van der Waals surface area contributed by atoms with Crippen LogP contribution >= 0.6 is 11.5 Å². The van der Waals surface area contributed by atoms with E-state index in [1.54, 1.807) is 12.1 Å². The summed E-state index contributed by atoms with van der Waals surface area (Å²) in [6.45, 7) is 3.79. The Bertz CT molecular complexity index is 628. The standard InChI is InChI=1S/C13H15NO3S/c1-3-8(2)11(13(16)17)14-12(15)9-6-4-5-7-10(9)18-14/h4-8,11H,3H2,1-2H3,(H,16,17)/t8-,11+/m1/s1. The number of benzene rings is 1. The summed E-state index contributed by atoms with van der Waals surface area (Å²) in [6, 6.07) is 6.44. The molecular weight excluding hydrogens is 250 g/mol. The summed E-state index contributed by atoms with van der Waals surface area (Å²) < 4.78 is 2.22. The first-order chi connectivity index (χ1) is 8.56. The molecule has 0 saturated heterocycles. The number of carbonyl (C=O) groups is 1. The van der Waals surface area contributed by atoms with Crippen molar-refractivity contribution in [3.05, 3.63) is 34.6 Å². The lowest BCUT2D eigenvalue weighted by Crippen LogP contribution is -2.30. The van der Waals surface area contributed by atoms with Crippen LogP contribution in [-0.2, 0) is 4.79 Å². The summed E-state index contributed by atoms with van der Waals surface area (Å²) in [5, 5.41) is 9.92. The van der Waals surface area contributed by atoms with Crippen molar-refractivity contribution >= 4 is 27.6 Å². The molecule has 2 aromatic rings. The zero-order valence-corrected chi connectivity index (χ0v) is 11.1. The molecule has 0 unspecified atom stereocenters. The Hall–Kier alpha value is -1.62. The smallest absolute Gasteiger partial charge is 0.328 e. The highest BCUT2D eigenvalue weighted by atomic mass is 32.1. The van der Waals surface area contributed by atoms with Crippen molar-refractivity contribution in [2.45, 2.75) is 26.3 Å². The third-order valence-electron chi connectivity index (χ3n) is 3.20. The SMILES string of the molecule is CC[C@@H](C)[C@@H](C(=O)O)n1sc2ccccc2c1=O. The molecule has 0 aliphatic heterocycles. The molecule has 2 rings (SSSR count). The van der Waals surface area contributed by atoms with Crippen LogP contribution in [0, 0.1) is 5.92 Å². The van der Waals surface area contributed by atoms with Gasteiger partial charge in [0.2, 0.25) is 0 Å². The normalized spacial score (nSPS) is 14.6. The topological polar surface area (TPSA) is 59.3 Å². The summed E-state index contributed by atoms with van der Waals surface area (Å²) in [6.07, 6.45) is 0.720. The fourth-order valence-electron chi connectivity index (χ4n) is 1.97. The molecule has 1 heterocycles. The molecular formula is C13H15NO3S. The number of carboxylic acid groups (broad SMARTS) is 1. The maximum Gasteiger partial charge on any atom is 0.328 e. The lowest BCUT2D eigenvalue weighted by Gasteiger charge is -2.18. The molecule has 96 valence electrons. The fourth-order valence-corrected chi connectivity index (χ4v) is 3.17. The molecule has 4 nitrogen and oxygen atoms in total. The highest BCUT2D eigenvalue weighted by molar-refractivity contribution is 7.14. The Kier molecular flexibility index (Phi) is 3.52. The van der Waals surface area contributed by atoms with E-state index in [-0.39, 0.29) is 11.5 Å². The average molecular weight is 265 g/mol. The number of fused-ring (bicyclic) bond motifs is 1. The van der Waals surface area contributed by atoms with E-state index < -0.39 is 12.0 Å². The fraction of sp³-hybridized carbons (Fsp3) is 0.385. The van der Waals surface area contributed by atoms with Crippen molar-refractivity contribution in [2.75, 3.05) is 0 Å². The maximum atomic E-state index is 12.2. The van der Waals surface area contributed by atoms with Crippen molar-refractivity contribution in [2.24, 2.45) is 5.92 Å². The Labute approximate surface area is 109 Å². The largest absolute Gasteiger partial charge is 0.480 e. The predicted octanol–water partition coefficient (Wildman–Crippen LogP) is 2.73. The molecule has 0 aliphatic carbocycles. The summed E-state index contributed by atoms with van der Waals surface area (Å²) in [5.41, 5.74) is -0.205. The van der Waals surface area contributed by atoms with Gasteiger partial charge in [0.05, 0.1) is 10.1 Å². The van der Waals surface area contributed by atoms with Gasteiger partial charge >= 0.3 is 5.97 Å². The number of carboxylic acids is 1. The molecule has 1 N–H and O–H groups in total. The van der Waals surface area contributed by atoms with E-state index in [1.165, 1.54) is 15.5 Å². The molecule has 1 aromatic carbocycles. The second-order valence-corrected chi connectivity index (χ2v) is 5.40. The molecule has 1 aromatic heterocycles. The van der Waals surface area contributed by atoms with E-state index >= 15 is 0 Å². The lowest BCUT2D eigenvalue weighted by molar-refractivity contribution is -0.142. The zero-order valence-electron chi connectivity index (χ0n) is 10.3. The third-order valence-corrected chi connectivity index (χ3v) is 4.35. The van der Waals surface area contributed by atoms with Gasteiger partial charge in [-0.1, -0.05) is 43.9 Å². The van der Waals surface area contributed by atoms with Gasteiger partial charge in [-0.2, -0.15) is 0 Å². The molecule has 0 bridgehead atoms. The number of hydrogen-bond acceptors (Lipinski definition) is 3. The van der Waals surface area contributed by atoms with Crippen LogP contribution in [0.2, 0.25) is 0 Å². The first-order valence-electron chi connectivity index (χ1n) is 5.89. The predicted molar refractivity (Wildman–Crippen MR) is 72.2 cm³/mol. The number of aliphatic carboxylic acids is 1. The highest BCUT2D eigenvalue weighted by Crippen LogP contribution is 2.26. The van der Waals surface area contributed by atoms with E-state index in [2.05, 4.69) is 0 Å². The number of hydrogen-bond donors (Lipinski definition) is 1. The Morgan fingerprint density at radius 1 is 1.44 bits per heavy atom. The minimum atomic E-state index is -0.946. The molecule has 0 radical (unpaired) electrons. The van der Waals surface area contributed by atoms with Crippen molar-refractivity contribution < 1.29 is 9.90 Å². The highest BCUT2D eigenvalue weighted by Gasteiger charge is 2.28. The Balaban J connectivity index is 2.61. The quantitative estimate of drug-likeness (QED) is 0.924. The summed E-state index contributed by atoms with van der Waals surface area (Å²) in [4.78, 5) is 23.6. The van der Waals surface area contributed by atoms with Gasteiger partial charge < -0.3 is 5.11 Å². The van der Waals surface area contributed by atoms with E-state index in [4.69, 9.17) is 0 Å². The van der Waals surface area contributed by atoms with Crippen LogP contribution in [0.1, 0.15) is 26.3 Å². The van der Waals surface area contributed by atoms with E-state index in [0.29, 0.717) is 5.39 Å². The molecule has 2 atom stereocenters. The minimum absolute atomic E-state index is 0.0757. The molecule has 0 spiro atoms. The molecule has 5 heteroatoms.